The molecule has 0 aromatic heterocycles. The minimum absolute atomic E-state index is 0.110. The van der Waals surface area contributed by atoms with E-state index >= 15 is 0 Å². The second kappa shape index (κ2) is 18.5. The van der Waals surface area contributed by atoms with Gasteiger partial charge in [0.05, 0.1) is 54.2 Å². The van der Waals surface area contributed by atoms with Gasteiger partial charge in [-0.15, -0.1) is 0 Å². The molecule has 312 valence electrons. The van der Waals surface area contributed by atoms with Gasteiger partial charge in [0.1, 0.15) is 30.0 Å². The van der Waals surface area contributed by atoms with Crippen LogP contribution in [0.1, 0.15) is 88.0 Å². The Morgan fingerprint density at radius 2 is 1.58 bits per heavy atom. The number of cyclic esters (lactones) is 1. The van der Waals surface area contributed by atoms with E-state index in [2.05, 4.69) is 0 Å². The number of aliphatic hydroxyl groups is 6. The molecule has 0 spiro atoms. The second-order valence-electron chi connectivity index (χ2n) is 17.2. The normalized spacial score (nSPS) is 48.9. The van der Waals surface area contributed by atoms with Gasteiger partial charge in [-0.05, 0) is 87.9 Å². The minimum Gasteiger partial charge on any atom is -0.459 e. The van der Waals surface area contributed by atoms with Crippen LogP contribution in [0.15, 0.2) is 0 Å². The lowest BCUT2D eigenvalue weighted by Crippen LogP contribution is -2.61. The lowest BCUT2D eigenvalue weighted by atomic mass is 9.77. The van der Waals surface area contributed by atoms with Crippen LogP contribution in [0.25, 0.3) is 0 Å². The summed E-state index contributed by atoms with van der Waals surface area (Å²) in [4.78, 5) is 17.9. The van der Waals surface area contributed by atoms with E-state index in [-0.39, 0.29) is 37.3 Å². The lowest BCUT2D eigenvalue weighted by molar-refractivity contribution is -0.318. The summed E-state index contributed by atoms with van der Waals surface area (Å²) in [6, 6.07) is -1.23. The summed E-state index contributed by atoms with van der Waals surface area (Å²) >= 11 is 0. The van der Waals surface area contributed by atoms with Gasteiger partial charge in [0, 0.05) is 32.0 Å². The molecule has 3 heterocycles. The zero-order chi connectivity index (χ0) is 40.4. The van der Waals surface area contributed by atoms with E-state index in [1.165, 1.54) is 14.0 Å². The highest BCUT2D eigenvalue weighted by atomic mass is 16.7. The quantitative estimate of drug-likeness (QED) is 0.190. The molecule has 0 aromatic rings. The number of carbonyl (C=O) groups is 1. The van der Waals surface area contributed by atoms with Crippen molar-refractivity contribution in [3.05, 3.63) is 0 Å². The van der Waals surface area contributed by atoms with Crippen molar-refractivity contribution in [1.82, 2.24) is 9.80 Å². The van der Waals surface area contributed by atoms with Crippen LogP contribution in [0.5, 0.6) is 0 Å². The summed E-state index contributed by atoms with van der Waals surface area (Å²) in [5, 5.41) is 68.6. The predicted molar refractivity (Wildman–Crippen MR) is 196 cm³/mol. The molecule has 0 aromatic carbocycles. The average molecular weight is 765 g/mol. The van der Waals surface area contributed by atoms with Gasteiger partial charge in [-0.2, -0.15) is 0 Å². The molecule has 0 saturated carbocycles. The van der Waals surface area contributed by atoms with Gasteiger partial charge in [-0.1, -0.05) is 20.8 Å². The Bertz CT molecular complexity index is 1160. The summed E-state index contributed by atoms with van der Waals surface area (Å²) in [6.45, 7) is 15.2. The van der Waals surface area contributed by atoms with Crippen LogP contribution in [0.3, 0.4) is 0 Å². The maximum atomic E-state index is 14.2. The summed E-state index contributed by atoms with van der Waals surface area (Å²) in [5.74, 6) is -2.84. The highest BCUT2D eigenvalue weighted by Gasteiger charge is 2.53. The first kappa shape index (κ1) is 46.3. The Morgan fingerprint density at radius 3 is 2.13 bits per heavy atom. The minimum atomic E-state index is -1.96. The van der Waals surface area contributed by atoms with Gasteiger partial charge in [-0.3, -0.25) is 9.69 Å². The molecule has 15 heteroatoms. The molecule has 18 atom stereocenters. The molecule has 3 fully saturated rings. The molecule has 3 rings (SSSR count). The Morgan fingerprint density at radius 1 is 0.962 bits per heavy atom. The SMILES string of the molecule is CC[C@H]1OC(=O)[C@H](C)[C@@H](O[C@H]2C[C@@](C)(OC)[C@@H](O)[C@H](C)O2)[C@H](C)[C@@H](O[C@@H]2O[C@H](C)C[C@H](N(C)C)[C@H]2O)[C@](C)(O)C[C@@H](C)CN(C)[C@H](CO)[C@@H](O)[C@]1(C)O. The highest BCUT2D eigenvalue weighted by Crippen LogP contribution is 2.40. The monoisotopic (exact) mass is 765 g/mol. The highest BCUT2D eigenvalue weighted by molar-refractivity contribution is 5.73. The van der Waals surface area contributed by atoms with Crippen molar-refractivity contribution in [1.29, 1.82) is 0 Å². The fourth-order valence-corrected chi connectivity index (χ4v) is 8.85. The summed E-state index contributed by atoms with van der Waals surface area (Å²) in [6.07, 6.45) is -8.98. The molecular formula is C38H72N2O13. The third-order valence-corrected chi connectivity index (χ3v) is 12.2. The van der Waals surface area contributed by atoms with E-state index < -0.39 is 103 Å². The molecule has 0 amide bonds. The van der Waals surface area contributed by atoms with E-state index in [9.17, 15) is 35.4 Å². The molecule has 6 N–H and O–H groups in total. The first-order valence-electron chi connectivity index (χ1n) is 19.3. The lowest BCUT2D eigenvalue weighted by Gasteiger charge is -2.48. The third kappa shape index (κ3) is 10.5. The summed E-state index contributed by atoms with van der Waals surface area (Å²) < 4.78 is 37.4. The number of hydrogen-bond acceptors (Lipinski definition) is 15. The van der Waals surface area contributed by atoms with Crippen molar-refractivity contribution in [3.63, 3.8) is 0 Å². The number of esters is 1. The van der Waals surface area contributed by atoms with Crippen molar-refractivity contribution in [3.8, 4) is 0 Å². The van der Waals surface area contributed by atoms with Gasteiger partial charge < -0.3 is 64.0 Å². The molecule has 0 radical (unpaired) electrons. The van der Waals surface area contributed by atoms with Crippen LogP contribution >= 0.6 is 0 Å². The molecule has 53 heavy (non-hydrogen) atoms. The molecule has 3 aliphatic heterocycles. The Balaban J connectivity index is 2.19. The Hall–Kier alpha value is -1.05. The van der Waals surface area contributed by atoms with Crippen LogP contribution in [0, 0.1) is 17.8 Å². The summed E-state index contributed by atoms with van der Waals surface area (Å²) in [5.41, 5.74) is -4.62. The van der Waals surface area contributed by atoms with E-state index in [0.717, 1.165) is 0 Å². The average Bonchev–Trinajstić information content (AvgIpc) is 3.06. The van der Waals surface area contributed by atoms with Crippen molar-refractivity contribution in [2.45, 2.75) is 178 Å². The number of ether oxygens (including phenoxy) is 6. The van der Waals surface area contributed by atoms with Crippen molar-refractivity contribution >= 4 is 5.97 Å². The first-order valence-corrected chi connectivity index (χ1v) is 19.3. The summed E-state index contributed by atoms with van der Waals surface area (Å²) in [7, 11) is 6.95. The number of methoxy groups -OCH3 is 1. The number of hydrogen-bond donors (Lipinski definition) is 6. The van der Waals surface area contributed by atoms with Gasteiger partial charge in [0.2, 0.25) is 0 Å². The third-order valence-electron chi connectivity index (χ3n) is 12.2. The smallest absolute Gasteiger partial charge is 0.311 e. The van der Waals surface area contributed by atoms with Gasteiger partial charge in [0.25, 0.3) is 0 Å². The zero-order valence-corrected chi connectivity index (χ0v) is 34.3. The number of rotatable bonds is 8. The van der Waals surface area contributed by atoms with E-state index in [4.69, 9.17) is 28.4 Å². The molecule has 0 aliphatic carbocycles. The van der Waals surface area contributed by atoms with Crippen molar-refractivity contribution in [2.24, 2.45) is 17.8 Å². The van der Waals surface area contributed by atoms with Gasteiger partial charge in [-0.25, -0.2) is 0 Å². The fraction of sp³-hybridized carbons (Fsp3) is 0.974. The number of nitrogens with zero attached hydrogens (tertiary/aromatic N) is 2. The fourth-order valence-electron chi connectivity index (χ4n) is 8.85. The molecule has 15 nitrogen and oxygen atoms in total. The van der Waals surface area contributed by atoms with Crippen molar-refractivity contribution < 1.29 is 63.9 Å². The maximum Gasteiger partial charge on any atom is 0.311 e. The van der Waals surface area contributed by atoms with Crippen LogP contribution in [-0.4, -0.2) is 178 Å². The van der Waals surface area contributed by atoms with Crippen LogP contribution in [-0.2, 0) is 33.2 Å². The van der Waals surface area contributed by atoms with Crippen LogP contribution in [0.2, 0.25) is 0 Å². The van der Waals surface area contributed by atoms with Gasteiger partial charge >= 0.3 is 5.97 Å². The predicted octanol–water partition coefficient (Wildman–Crippen LogP) is 0.873. The molecular weight excluding hydrogens is 692 g/mol. The van der Waals surface area contributed by atoms with Crippen LogP contribution in [0.4, 0.5) is 0 Å². The Kier molecular flexibility index (Phi) is 16.2. The van der Waals surface area contributed by atoms with Crippen molar-refractivity contribution in [2.75, 3.05) is 41.4 Å². The van der Waals surface area contributed by atoms with E-state index in [0.29, 0.717) is 13.0 Å². The topological polar surface area (TPSA) is 200 Å². The van der Waals surface area contributed by atoms with Gasteiger partial charge in [0.15, 0.2) is 12.6 Å². The Labute approximate surface area is 316 Å². The molecule has 0 bridgehead atoms. The van der Waals surface area contributed by atoms with Crippen LogP contribution < -0.4 is 0 Å². The van der Waals surface area contributed by atoms with E-state index in [1.54, 1.807) is 53.5 Å². The molecule has 0 unspecified atom stereocenters. The first-order chi connectivity index (χ1) is 24.4. The second-order valence-corrected chi connectivity index (χ2v) is 17.2. The number of carbonyl (C=O) groups excluding carboxylic acids is 1. The maximum absolute atomic E-state index is 14.2. The zero-order valence-electron chi connectivity index (χ0n) is 34.3. The largest absolute Gasteiger partial charge is 0.459 e. The molecule has 3 saturated heterocycles. The van der Waals surface area contributed by atoms with E-state index in [1.807, 2.05) is 32.8 Å². The molecule has 3 aliphatic rings. The number of aliphatic hydroxyl groups excluding tert-OH is 4. The number of likely N-dealkylation sites (N-methyl/N-ethyl adjacent to an activating group) is 2. The standard InChI is InChI=1S/C38H72N2O13/c1-14-27-38(9,47)32(44)26(19-41)40(12)18-20(2)16-36(7,46)33(53-35-29(42)25(39(10)11)15-21(3)49-35)22(4)30(23(5)34(45)51-27)52-28-17-37(8,48-13)31(43)24(6)50-28/h20-33,35,41-44,46-47H,14-19H2,1-13H3/t20-,21-,22+,23-,24+,25+,26-,27-,28+,29-,30+,31+,32-,33-,35+,36-,37-,38-/m1/s1.